The molecule has 0 fully saturated rings. The highest BCUT2D eigenvalue weighted by molar-refractivity contribution is 6.31. The highest BCUT2D eigenvalue weighted by Crippen LogP contribution is 2.22. The lowest BCUT2D eigenvalue weighted by molar-refractivity contribution is -0.144. The van der Waals surface area contributed by atoms with Gasteiger partial charge in [0.1, 0.15) is 0 Å². The van der Waals surface area contributed by atoms with E-state index < -0.39 is 12.7 Å². The minimum absolute atomic E-state index is 0.138. The average Bonchev–Trinajstić information content (AvgIpc) is 2.06. The molecule has 90 valence electrons. The Labute approximate surface area is 96.8 Å². The van der Waals surface area contributed by atoms with E-state index in [1.165, 1.54) is 13.1 Å². The molecule has 1 aromatic rings. The number of halogens is 4. The number of nitrogens with two attached hydrogens (primary N) is 1. The van der Waals surface area contributed by atoms with Gasteiger partial charge in [-0.1, -0.05) is 17.7 Å². The quantitative estimate of drug-likeness (QED) is 0.838. The standard InChI is InChI=1S/C10H12ClF3N2/c1-16(6-10(12,13)14)5-7-2-3-8(15)4-9(7)11/h2-4H,5-6,15H2,1H3. The lowest BCUT2D eigenvalue weighted by atomic mass is 10.2. The van der Waals surface area contributed by atoms with Crippen LogP contribution in [0.2, 0.25) is 5.02 Å². The Morgan fingerprint density at radius 3 is 2.50 bits per heavy atom. The number of hydrogen-bond acceptors (Lipinski definition) is 2. The van der Waals surface area contributed by atoms with Crippen molar-refractivity contribution in [3.8, 4) is 0 Å². The molecule has 0 aliphatic rings. The summed E-state index contributed by atoms with van der Waals surface area (Å²) in [6.07, 6.45) is -4.20. The molecule has 0 amide bonds. The molecular formula is C10H12ClF3N2. The van der Waals surface area contributed by atoms with Gasteiger partial charge in [-0.15, -0.1) is 0 Å². The van der Waals surface area contributed by atoms with Crippen molar-refractivity contribution in [3.63, 3.8) is 0 Å². The predicted molar refractivity (Wildman–Crippen MR) is 58.3 cm³/mol. The van der Waals surface area contributed by atoms with E-state index in [0.29, 0.717) is 16.3 Å². The molecule has 0 saturated heterocycles. The van der Waals surface area contributed by atoms with Gasteiger partial charge in [0.25, 0.3) is 0 Å². The van der Waals surface area contributed by atoms with Gasteiger partial charge >= 0.3 is 6.18 Å². The highest BCUT2D eigenvalue weighted by Gasteiger charge is 2.29. The van der Waals surface area contributed by atoms with Crippen LogP contribution in [0.5, 0.6) is 0 Å². The fourth-order valence-electron chi connectivity index (χ4n) is 1.34. The Bertz CT molecular complexity index is 366. The molecule has 0 atom stereocenters. The molecule has 0 aromatic heterocycles. The van der Waals surface area contributed by atoms with Gasteiger partial charge < -0.3 is 5.73 Å². The summed E-state index contributed by atoms with van der Waals surface area (Å²) in [4.78, 5) is 1.15. The van der Waals surface area contributed by atoms with Crippen LogP contribution in [0.25, 0.3) is 0 Å². The smallest absolute Gasteiger partial charge is 0.399 e. The fourth-order valence-corrected chi connectivity index (χ4v) is 1.59. The van der Waals surface area contributed by atoms with Gasteiger partial charge in [0.15, 0.2) is 0 Å². The SMILES string of the molecule is CN(Cc1ccc(N)cc1Cl)CC(F)(F)F. The summed E-state index contributed by atoms with van der Waals surface area (Å²) in [5, 5.41) is 0.383. The Morgan fingerprint density at radius 1 is 1.38 bits per heavy atom. The van der Waals surface area contributed by atoms with E-state index in [1.54, 1.807) is 12.1 Å². The first kappa shape index (κ1) is 13.1. The van der Waals surface area contributed by atoms with Crippen LogP contribution < -0.4 is 5.73 Å². The van der Waals surface area contributed by atoms with Crippen LogP contribution in [0.4, 0.5) is 18.9 Å². The molecule has 0 aliphatic heterocycles. The second kappa shape index (κ2) is 4.93. The average molecular weight is 253 g/mol. The number of alkyl halides is 3. The molecule has 0 heterocycles. The maximum Gasteiger partial charge on any atom is 0.401 e. The van der Waals surface area contributed by atoms with Gasteiger partial charge in [0, 0.05) is 17.3 Å². The molecule has 0 bridgehead atoms. The van der Waals surface area contributed by atoms with E-state index in [1.807, 2.05) is 0 Å². The topological polar surface area (TPSA) is 29.3 Å². The summed E-state index contributed by atoms with van der Waals surface area (Å²) < 4.78 is 36.2. The Kier molecular flexibility index (Phi) is 4.04. The second-order valence-electron chi connectivity index (χ2n) is 3.64. The molecule has 0 radical (unpaired) electrons. The van der Waals surface area contributed by atoms with Crippen LogP contribution in [0, 0.1) is 0 Å². The van der Waals surface area contributed by atoms with E-state index in [-0.39, 0.29) is 6.54 Å². The summed E-state index contributed by atoms with van der Waals surface area (Å²) in [6, 6.07) is 4.77. The first-order valence-corrected chi connectivity index (χ1v) is 4.95. The van der Waals surface area contributed by atoms with Crippen molar-refractivity contribution in [2.45, 2.75) is 12.7 Å². The Hall–Kier alpha value is -0.940. The summed E-state index contributed by atoms with van der Waals surface area (Å²) >= 11 is 5.86. The van der Waals surface area contributed by atoms with Gasteiger partial charge in [0.05, 0.1) is 6.54 Å². The van der Waals surface area contributed by atoms with Crippen LogP contribution in [-0.4, -0.2) is 24.7 Å². The van der Waals surface area contributed by atoms with Crippen molar-refractivity contribution in [1.29, 1.82) is 0 Å². The van der Waals surface area contributed by atoms with E-state index in [9.17, 15) is 13.2 Å². The van der Waals surface area contributed by atoms with Crippen molar-refractivity contribution in [1.82, 2.24) is 4.90 Å². The zero-order valence-corrected chi connectivity index (χ0v) is 9.44. The first-order valence-electron chi connectivity index (χ1n) is 4.57. The zero-order chi connectivity index (χ0) is 12.3. The van der Waals surface area contributed by atoms with Gasteiger partial charge in [-0.05, 0) is 24.7 Å². The van der Waals surface area contributed by atoms with Crippen LogP contribution in [0.1, 0.15) is 5.56 Å². The molecule has 0 aliphatic carbocycles. The van der Waals surface area contributed by atoms with Crippen molar-refractivity contribution in [2.24, 2.45) is 0 Å². The maximum atomic E-state index is 12.1. The third-order valence-corrected chi connectivity index (χ3v) is 2.32. The van der Waals surface area contributed by atoms with E-state index >= 15 is 0 Å². The second-order valence-corrected chi connectivity index (χ2v) is 4.05. The lowest BCUT2D eigenvalue weighted by Crippen LogP contribution is -2.30. The molecule has 6 heteroatoms. The first-order chi connectivity index (χ1) is 7.28. The summed E-state index contributed by atoms with van der Waals surface area (Å²) in [6.45, 7) is -0.827. The molecule has 2 N–H and O–H groups in total. The molecule has 1 aromatic carbocycles. The molecule has 0 unspecified atom stereocenters. The number of benzene rings is 1. The van der Waals surface area contributed by atoms with E-state index in [4.69, 9.17) is 17.3 Å². The van der Waals surface area contributed by atoms with Gasteiger partial charge in [-0.3, -0.25) is 4.90 Å². The van der Waals surface area contributed by atoms with Crippen LogP contribution >= 0.6 is 11.6 Å². The third kappa shape index (κ3) is 4.28. The largest absolute Gasteiger partial charge is 0.401 e. The van der Waals surface area contributed by atoms with Crippen molar-refractivity contribution in [3.05, 3.63) is 28.8 Å². The lowest BCUT2D eigenvalue weighted by Gasteiger charge is -2.19. The van der Waals surface area contributed by atoms with Crippen molar-refractivity contribution in [2.75, 3.05) is 19.3 Å². The number of hydrogen-bond donors (Lipinski definition) is 1. The van der Waals surface area contributed by atoms with Crippen molar-refractivity contribution >= 4 is 17.3 Å². The third-order valence-electron chi connectivity index (χ3n) is 1.97. The molecule has 1 rings (SSSR count). The minimum atomic E-state index is -4.20. The van der Waals surface area contributed by atoms with Gasteiger partial charge in [0.2, 0.25) is 0 Å². The van der Waals surface area contributed by atoms with Gasteiger partial charge in [-0.25, -0.2) is 0 Å². The molecule has 16 heavy (non-hydrogen) atoms. The normalized spacial score (nSPS) is 12.1. The highest BCUT2D eigenvalue weighted by atomic mass is 35.5. The van der Waals surface area contributed by atoms with Crippen molar-refractivity contribution < 1.29 is 13.2 Å². The maximum absolute atomic E-state index is 12.1. The molecule has 0 spiro atoms. The van der Waals surface area contributed by atoms with Crippen LogP contribution in [0.3, 0.4) is 0 Å². The minimum Gasteiger partial charge on any atom is -0.399 e. The molecule has 0 saturated carbocycles. The van der Waals surface area contributed by atoms with Gasteiger partial charge in [-0.2, -0.15) is 13.2 Å². The summed E-state index contributed by atoms with van der Waals surface area (Å²) in [7, 11) is 1.39. The Balaban J connectivity index is 2.66. The predicted octanol–water partition coefficient (Wildman–Crippen LogP) is 2.92. The fraction of sp³-hybridized carbons (Fsp3) is 0.400. The Morgan fingerprint density at radius 2 is 2.00 bits per heavy atom. The van der Waals surface area contributed by atoms with Crippen LogP contribution in [0.15, 0.2) is 18.2 Å². The number of anilines is 1. The zero-order valence-electron chi connectivity index (χ0n) is 8.68. The number of nitrogen functional groups attached to an aromatic ring is 1. The summed E-state index contributed by atoms with van der Waals surface area (Å²) in [5.41, 5.74) is 6.60. The number of nitrogens with zero attached hydrogens (tertiary/aromatic N) is 1. The molecular weight excluding hydrogens is 241 g/mol. The molecule has 2 nitrogen and oxygen atoms in total. The van der Waals surface area contributed by atoms with E-state index in [2.05, 4.69) is 0 Å². The van der Waals surface area contributed by atoms with Crippen LogP contribution in [-0.2, 0) is 6.54 Å². The summed E-state index contributed by atoms with van der Waals surface area (Å²) in [5.74, 6) is 0. The van der Waals surface area contributed by atoms with E-state index in [0.717, 1.165) is 4.90 Å². The monoisotopic (exact) mass is 252 g/mol. The number of rotatable bonds is 3.